The molecule has 7 heteroatoms. The smallest absolute Gasteiger partial charge is 0.257 e. The maximum absolute atomic E-state index is 4.63. The fraction of sp³-hybridized carbons (Fsp3) is 0.571. The molecule has 2 aliphatic rings. The quantitative estimate of drug-likeness (QED) is 0.866. The van der Waals surface area contributed by atoms with Crippen LogP contribution in [0.25, 0.3) is 5.95 Å². The fourth-order valence-corrected chi connectivity index (χ4v) is 2.44. The Balaban J connectivity index is 1.70. The minimum Gasteiger partial charge on any atom is -0.357 e. The number of aromatic nitrogens is 5. The van der Waals surface area contributed by atoms with Crippen LogP contribution < -0.4 is 10.2 Å². The van der Waals surface area contributed by atoms with E-state index in [-0.39, 0.29) is 0 Å². The van der Waals surface area contributed by atoms with E-state index in [0.717, 1.165) is 18.4 Å². The largest absolute Gasteiger partial charge is 0.357 e. The van der Waals surface area contributed by atoms with Gasteiger partial charge in [-0.2, -0.15) is 20.1 Å². The van der Waals surface area contributed by atoms with Gasteiger partial charge < -0.3 is 10.2 Å². The predicted octanol–water partition coefficient (Wildman–Crippen LogP) is 1.48. The lowest BCUT2D eigenvalue weighted by Gasteiger charge is -2.22. The Bertz CT molecular complexity index is 616. The number of anilines is 2. The molecule has 2 fully saturated rings. The van der Waals surface area contributed by atoms with Crippen LogP contribution in [0.3, 0.4) is 0 Å². The highest BCUT2D eigenvalue weighted by atomic mass is 15.4. The highest BCUT2D eigenvalue weighted by Gasteiger charge is 2.35. The zero-order valence-electron chi connectivity index (χ0n) is 12.1. The Morgan fingerprint density at radius 2 is 2.10 bits per heavy atom. The summed E-state index contributed by atoms with van der Waals surface area (Å²) in [5, 5.41) is 7.24. The first-order valence-corrected chi connectivity index (χ1v) is 7.54. The molecule has 2 aromatic heterocycles. The third-order valence-electron chi connectivity index (χ3n) is 3.94. The summed E-state index contributed by atoms with van der Waals surface area (Å²) in [6.07, 6.45) is 8.72. The number of rotatable bonds is 6. The van der Waals surface area contributed by atoms with Crippen molar-refractivity contribution in [3.8, 4) is 5.95 Å². The topological polar surface area (TPSA) is 71.8 Å². The molecule has 2 aliphatic carbocycles. The van der Waals surface area contributed by atoms with Crippen LogP contribution in [-0.4, -0.2) is 44.4 Å². The van der Waals surface area contributed by atoms with Crippen molar-refractivity contribution in [2.75, 3.05) is 23.8 Å². The second kappa shape index (κ2) is 4.98. The van der Waals surface area contributed by atoms with Crippen molar-refractivity contribution in [2.45, 2.75) is 31.7 Å². The second-order valence-electron chi connectivity index (χ2n) is 5.79. The molecule has 4 rings (SSSR count). The van der Waals surface area contributed by atoms with Crippen LogP contribution in [-0.2, 0) is 0 Å². The molecule has 0 spiro atoms. The molecule has 2 aromatic rings. The van der Waals surface area contributed by atoms with Crippen molar-refractivity contribution in [3.05, 3.63) is 18.5 Å². The van der Waals surface area contributed by atoms with Gasteiger partial charge in [0.1, 0.15) is 0 Å². The van der Waals surface area contributed by atoms with Gasteiger partial charge in [-0.3, -0.25) is 0 Å². The van der Waals surface area contributed by atoms with Gasteiger partial charge in [-0.05, 0) is 37.7 Å². The summed E-state index contributed by atoms with van der Waals surface area (Å²) in [7, 11) is 1.83. The maximum Gasteiger partial charge on any atom is 0.257 e. The standard InChI is InChI=1S/C14H19N7/c1-15-12-17-13(19-14(18-12)21-8-2-7-16-21)20(11-5-6-11)9-10-3-4-10/h2,7-8,10-11H,3-6,9H2,1H3,(H,15,17,18,19). The van der Waals surface area contributed by atoms with E-state index in [4.69, 9.17) is 0 Å². The van der Waals surface area contributed by atoms with Crippen LogP contribution in [0, 0.1) is 5.92 Å². The fourth-order valence-electron chi connectivity index (χ4n) is 2.44. The van der Waals surface area contributed by atoms with E-state index in [1.807, 2.05) is 19.3 Å². The summed E-state index contributed by atoms with van der Waals surface area (Å²) < 4.78 is 1.67. The van der Waals surface area contributed by atoms with Gasteiger partial charge in [0, 0.05) is 32.0 Å². The third kappa shape index (κ3) is 2.68. The molecule has 0 aromatic carbocycles. The molecular weight excluding hydrogens is 266 g/mol. The monoisotopic (exact) mass is 285 g/mol. The second-order valence-corrected chi connectivity index (χ2v) is 5.79. The Morgan fingerprint density at radius 1 is 1.24 bits per heavy atom. The van der Waals surface area contributed by atoms with Crippen molar-refractivity contribution < 1.29 is 0 Å². The van der Waals surface area contributed by atoms with Crippen molar-refractivity contribution in [1.82, 2.24) is 24.7 Å². The average molecular weight is 285 g/mol. The Morgan fingerprint density at radius 3 is 2.71 bits per heavy atom. The number of hydrogen-bond donors (Lipinski definition) is 1. The molecular formula is C14H19N7. The summed E-state index contributed by atoms with van der Waals surface area (Å²) in [4.78, 5) is 15.9. The van der Waals surface area contributed by atoms with Gasteiger partial charge >= 0.3 is 0 Å². The molecule has 0 bridgehead atoms. The summed E-state index contributed by atoms with van der Waals surface area (Å²) in [6, 6.07) is 2.47. The zero-order chi connectivity index (χ0) is 14.2. The molecule has 0 aliphatic heterocycles. The molecule has 0 atom stereocenters. The van der Waals surface area contributed by atoms with Crippen LogP contribution >= 0.6 is 0 Å². The first-order valence-electron chi connectivity index (χ1n) is 7.54. The summed E-state index contributed by atoms with van der Waals surface area (Å²) in [5.74, 6) is 2.74. The van der Waals surface area contributed by atoms with E-state index in [9.17, 15) is 0 Å². The lowest BCUT2D eigenvalue weighted by molar-refractivity contribution is 0.686. The molecule has 0 amide bonds. The van der Waals surface area contributed by atoms with E-state index in [1.165, 1.54) is 25.7 Å². The minimum atomic E-state index is 0.566. The average Bonchev–Trinajstić information content (AvgIpc) is 3.44. The SMILES string of the molecule is CNc1nc(N(CC2CC2)C2CC2)nc(-n2cccn2)n1. The van der Waals surface area contributed by atoms with Gasteiger partial charge in [-0.25, -0.2) is 4.68 Å². The van der Waals surface area contributed by atoms with Gasteiger partial charge in [-0.1, -0.05) is 0 Å². The summed E-state index contributed by atoms with van der Waals surface area (Å²) >= 11 is 0. The van der Waals surface area contributed by atoms with E-state index in [0.29, 0.717) is 17.9 Å². The molecule has 2 saturated carbocycles. The Kier molecular flexibility index (Phi) is 2.98. The molecule has 21 heavy (non-hydrogen) atoms. The van der Waals surface area contributed by atoms with Crippen LogP contribution in [0.2, 0.25) is 0 Å². The molecule has 2 heterocycles. The van der Waals surface area contributed by atoms with E-state index in [2.05, 4.69) is 30.3 Å². The molecule has 0 radical (unpaired) electrons. The molecule has 1 N–H and O–H groups in total. The first kappa shape index (κ1) is 12.6. The maximum atomic E-state index is 4.63. The molecule has 0 saturated heterocycles. The van der Waals surface area contributed by atoms with Crippen molar-refractivity contribution in [1.29, 1.82) is 0 Å². The minimum absolute atomic E-state index is 0.566. The lowest BCUT2D eigenvalue weighted by atomic mass is 10.3. The van der Waals surface area contributed by atoms with E-state index in [1.54, 1.807) is 10.9 Å². The van der Waals surface area contributed by atoms with Crippen molar-refractivity contribution in [3.63, 3.8) is 0 Å². The first-order chi connectivity index (χ1) is 10.3. The molecule has 110 valence electrons. The van der Waals surface area contributed by atoms with Crippen LogP contribution in [0.1, 0.15) is 25.7 Å². The lowest BCUT2D eigenvalue weighted by Crippen LogP contribution is -2.30. The van der Waals surface area contributed by atoms with Crippen molar-refractivity contribution in [2.24, 2.45) is 5.92 Å². The predicted molar refractivity (Wildman–Crippen MR) is 79.6 cm³/mol. The molecule has 7 nitrogen and oxygen atoms in total. The van der Waals surface area contributed by atoms with Crippen LogP contribution in [0.4, 0.5) is 11.9 Å². The van der Waals surface area contributed by atoms with Gasteiger partial charge in [0.2, 0.25) is 11.9 Å². The Hall–Kier alpha value is -2.18. The third-order valence-corrected chi connectivity index (χ3v) is 3.94. The van der Waals surface area contributed by atoms with E-state index < -0.39 is 0 Å². The van der Waals surface area contributed by atoms with Crippen LogP contribution in [0.5, 0.6) is 0 Å². The zero-order valence-corrected chi connectivity index (χ0v) is 12.1. The van der Waals surface area contributed by atoms with Gasteiger partial charge in [0.25, 0.3) is 5.95 Å². The Labute approximate surface area is 123 Å². The van der Waals surface area contributed by atoms with Gasteiger partial charge in [0.05, 0.1) is 0 Å². The normalized spacial score (nSPS) is 17.8. The number of nitrogens with zero attached hydrogens (tertiary/aromatic N) is 6. The number of hydrogen-bond acceptors (Lipinski definition) is 6. The summed E-state index contributed by atoms with van der Waals surface area (Å²) in [6.45, 7) is 1.07. The summed E-state index contributed by atoms with van der Waals surface area (Å²) in [5.41, 5.74) is 0. The molecule has 0 unspecified atom stereocenters. The van der Waals surface area contributed by atoms with E-state index >= 15 is 0 Å². The highest BCUT2D eigenvalue weighted by Crippen LogP contribution is 2.36. The van der Waals surface area contributed by atoms with Gasteiger partial charge in [0.15, 0.2) is 0 Å². The van der Waals surface area contributed by atoms with Crippen molar-refractivity contribution >= 4 is 11.9 Å². The number of nitrogens with one attached hydrogen (secondary N) is 1. The highest BCUT2D eigenvalue weighted by molar-refractivity contribution is 5.42. The van der Waals surface area contributed by atoms with Crippen LogP contribution in [0.15, 0.2) is 18.5 Å². The van der Waals surface area contributed by atoms with Gasteiger partial charge in [-0.15, -0.1) is 0 Å².